The van der Waals surface area contributed by atoms with Crippen molar-refractivity contribution >= 4 is 46.2 Å². The van der Waals surface area contributed by atoms with Crippen molar-refractivity contribution in [1.29, 1.82) is 0 Å². The number of carbonyl (C=O) groups excluding carboxylic acids is 1. The predicted molar refractivity (Wildman–Crippen MR) is 108 cm³/mol. The molecule has 0 aliphatic carbocycles. The van der Waals surface area contributed by atoms with Crippen LogP contribution in [0, 0.1) is 6.92 Å². The molecule has 0 saturated carbocycles. The maximum atomic E-state index is 12.2. The highest BCUT2D eigenvalue weighted by molar-refractivity contribution is 6.43. The molecule has 0 radical (unpaired) electrons. The van der Waals surface area contributed by atoms with Gasteiger partial charge in [0.2, 0.25) is 5.91 Å². The van der Waals surface area contributed by atoms with Crippen molar-refractivity contribution in [2.24, 2.45) is 0 Å². The molecular formula is C19H23Cl2N3O. The van der Waals surface area contributed by atoms with Gasteiger partial charge in [-0.1, -0.05) is 29.3 Å². The van der Waals surface area contributed by atoms with Gasteiger partial charge < -0.3 is 15.5 Å². The van der Waals surface area contributed by atoms with Crippen LogP contribution in [-0.2, 0) is 4.79 Å². The Morgan fingerprint density at radius 1 is 1.08 bits per heavy atom. The number of nitrogens with one attached hydrogen (secondary N) is 2. The summed E-state index contributed by atoms with van der Waals surface area (Å²) >= 11 is 12.1. The van der Waals surface area contributed by atoms with Gasteiger partial charge in [-0.05, 0) is 56.7 Å². The Balaban J connectivity index is 1.99. The van der Waals surface area contributed by atoms with Crippen molar-refractivity contribution in [3.63, 3.8) is 0 Å². The average molecular weight is 380 g/mol. The van der Waals surface area contributed by atoms with E-state index in [1.165, 1.54) is 0 Å². The number of carbonyl (C=O) groups is 1. The Bertz CT molecular complexity index is 745. The summed E-state index contributed by atoms with van der Waals surface area (Å²) in [6.07, 6.45) is 0. The lowest BCUT2D eigenvalue weighted by atomic mass is 10.1. The molecule has 4 nitrogen and oxygen atoms in total. The molecule has 0 aliphatic rings. The zero-order valence-electron chi connectivity index (χ0n) is 14.7. The van der Waals surface area contributed by atoms with Crippen LogP contribution < -0.4 is 15.5 Å². The van der Waals surface area contributed by atoms with E-state index in [0.717, 1.165) is 30.0 Å². The van der Waals surface area contributed by atoms with Gasteiger partial charge in [-0.2, -0.15) is 0 Å². The van der Waals surface area contributed by atoms with E-state index in [-0.39, 0.29) is 12.5 Å². The minimum atomic E-state index is -0.144. The van der Waals surface area contributed by atoms with Gasteiger partial charge in [0.25, 0.3) is 0 Å². The molecule has 6 heteroatoms. The van der Waals surface area contributed by atoms with Crippen LogP contribution in [0.1, 0.15) is 19.4 Å². The molecule has 0 fully saturated rings. The second-order valence-electron chi connectivity index (χ2n) is 5.67. The summed E-state index contributed by atoms with van der Waals surface area (Å²) < 4.78 is 0. The lowest BCUT2D eigenvalue weighted by molar-refractivity contribution is -0.114. The number of rotatable bonds is 7. The van der Waals surface area contributed by atoms with Gasteiger partial charge in [0.05, 0.1) is 22.3 Å². The molecule has 2 aromatic carbocycles. The molecule has 25 heavy (non-hydrogen) atoms. The largest absolute Gasteiger partial charge is 0.375 e. The van der Waals surface area contributed by atoms with Gasteiger partial charge in [-0.25, -0.2) is 0 Å². The Hall–Kier alpha value is -1.91. The zero-order chi connectivity index (χ0) is 18.4. The number of hydrogen-bond acceptors (Lipinski definition) is 3. The highest BCUT2D eigenvalue weighted by Gasteiger charge is 2.09. The number of nitrogens with zero attached hydrogens (tertiary/aromatic N) is 1. The Labute approximate surface area is 159 Å². The molecule has 0 spiro atoms. The fourth-order valence-electron chi connectivity index (χ4n) is 2.58. The third kappa shape index (κ3) is 5.03. The minimum absolute atomic E-state index is 0.108. The van der Waals surface area contributed by atoms with Crippen LogP contribution in [0.2, 0.25) is 10.0 Å². The molecule has 0 heterocycles. The maximum absolute atomic E-state index is 12.2. The topological polar surface area (TPSA) is 44.4 Å². The molecular weight excluding hydrogens is 357 g/mol. The summed E-state index contributed by atoms with van der Waals surface area (Å²) in [5, 5.41) is 6.79. The summed E-state index contributed by atoms with van der Waals surface area (Å²) in [7, 11) is 0. The number of hydrogen-bond donors (Lipinski definition) is 2. The fraction of sp³-hybridized carbons (Fsp3) is 0.316. The first-order valence-electron chi connectivity index (χ1n) is 8.29. The first kappa shape index (κ1) is 19.4. The molecule has 2 aromatic rings. The molecule has 2 N–H and O–H groups in total. The third-order valence-corrected chi connectivity index (χ3v) is 4.82. The molecule has 1 amide bonds. The molecule has 0 saturated heterocycles. The normalized spacial score (nSPS) is 10.4. The average Bonchev–Trinajstić information content (AvgIpc) is 2.59. The van der Waals surface area contributed by atoms with Crippen molar-refractivity contribution in [1.82, 2.24) is 0 Å². The number of halogens is 2. The summed E-state index contributed by atoms with van der Waals surface area (Å²) in [6.45, 7) is 8.25. The summed E-state index contributed by atoms with van der Waals surface area (Å²) in [4.78, 5) is 14.5. The molecule has 134 valence electrons. The monoisotopic (exact) mass is 379 g/mol. The van der Waals surface area contributed by atoms with Gasteiger partial charge in [0.15, 0.2) is 0 Å². The van der Waals surface area contributed by atoms with E-state index in [4.69, 9.17) is 23.2 Å². The van der Waals surface area contributed by atoms with Gasteiger partial charge in [-0.3, -0.25) is 4.79 Å². The highest BCUT2D eigenvalue weighted by atomic mass is 35.5. The Morgan fingerprint density at radius 2 is 1.80 bits per heavy atom. The van der Waals surface area contributed by atoms with Crippen molar-refractivity contribution in [3.8, 4) is 0 Å². The molecule has 0 aliphatic heterocycles. The van der Waals surface area contributed by atoms with Crippen LogP contribution in [0.5, 0.6) is 0 Å². The maximum Gasteiger partial charge on any atom is 0.243 e. The van der Waals surface area contributed by atoms with E-state index in [9.17, 15) is 4.79 Å². The van der Waals surface area contributed by atoms with E-state index in [1.807, 2.05) is 19.1 Å². The fourth-order valence-corrected chi connectivity index (χ4v) is 2.95. The van der Waals surface area contributed by atoms with Crippen molar-refractivity contribution in [2.45, 2.75) is 20.8 Å². The van der Waals surface area contributed by atoms with E-state index in [0.29, 0.717) is 15.7 Å². The van der Waals surface area contributed by atoms with Crippen molar-refractivity contribution in [2.75, 3.05) is 35.2 Å². The number of anilines is 3. The third-order valence-electron chi connectivity index (χ3n) is 4.00. The SMILES string of the molecule is CCN(CC)c1ccc(NC(=O)CNc2cccc(Cl)c2Cl)c(C)c1. The van der Waals surface area contributed by atoms with Crippen LogP contribution in [-0.4, -0.2) is 25.5 Å². The van der Waals surface area contributed by atoms with Gasteiger partial charge in [-0.15, -0.1) is 0 Å². The Kier molecular flexibility index (Phi) is 6.97. The summed E-state index contributed by atoms with van der Waals surface area (Å²) in [5.41, 5.74) is 3.63. The standard InChI is InChI=1S/C19H23Cl2N3O/c1-4-24(5-2)14-9-10-16(13(3)11-14)23-18(25)12-22-17-8-6-7-15(20)19(17)21/h6-11,22H,4-5,12H2,1-3H3,(H,23,25). The van der Waals surface area contributed by atoms with Crippen LogP contribution in [0.15, 0.2) is 36.4 Å². The number of amides is 1. The zero-order valence-corrected chi connectivity index (χ0v) is 16.2. The quantitative estimate of drug-likeness (QED) is 0.694. The lowest BCUT2D eigenvalue weighted by Crippen LogP contribution is -2.23. The smallest absolute Gasteiger partial charge is 0.243 e. The second-order valence-corrected chi connectivity index (χ2v) is 6.46. The molecule has 0 unspecified atom stereocenters. The lowest BCUT2D eigenvalue weighted by Gasteiger charge is -2.22. The first-order valence-corrected chi connectivity index (χ1v) is 9.05. The van der Waals surface area contributed by atoms with Crippen molar-refractivity contribution in [3.05, 3.63) is 52.0 Å². The van der Waals surface area contributed by atoms with Crippen LogP contribution in [0.3, 0.4) is 0 Å². The van der Waals surface area contributed by atoms with Crippen LogP contribution in [0.25, 0.3) is 0 Å². The molecule has 0 atom stereocenters. The van der Waals surface area contributed by atoms with Gasteiger partial charge >= 0.3 is 0 Å². The van der Waals surface area contributed by atoms with Crippen molar-refractivity contribution < 1.29 is 4.79 Å². The summed E-state index contributed by atoms with van der Waals surface area (Å²) in [6, 6.07) is 11.3. The van der Waals surface area contributed by atoms with E-state index in [2.05, 4.69) is 35.4 Å². The van der Waals surface area contributed by atoms with Gasteiger partial charge in [0, 0.05) is 24.5 Å². The Morgan fingerprint density at radius 3 is 2.44 bits per heavy atom. The van der Waals surface area contributed by atoms with E-state index >= 15 is 0 Å². The minimum Gasteiger partial charge on any atom is -0.375 e. The highest BCUT2D eigenvalue weighted by Crippen LogP contribution is 2.29. The second kappa shape index (κ2) is 8.97. The number of benzene rings is 2. The summed E-state index contributed by atoms with van der Waals surface area (Å²) in [5.74, 6) is -0.144. The van der Waals surface area contributed by atoms with Crippen LogP contribution in [0.4, 0.5) is 17.1 Å². The molecule has 0 bridgehead atoms. The molecule has 0 aromatic heterocycles. The molecule has 2 rings (SSSR count). The van der Waals surface area contributed by atoms with Crippen LogP contribution >= 0.6 is 23.2 Å². The first-order chi connectivity index (χ1) is 12.0. The van der Waals surface area contributed by atoms with Gasteiger partial charge in [0.1, 0.15) is 0 Å². The number of aryl methyl sites for hydroxylation is 1. The predicted octanol–water partition coefficient (Wildman–Crippen LogP) is 5.20. The van der Waals surface area contributed by atoms with E-state index < -0.39 is 0 Å². The van der Waals surface area contributed by atoms with E-state index in [1.54, 1.807) is 18.2 Å².